The van der Waals surface area contributed by atoms with Crippen molar-refractivity contribution in [3.05, 3.63) is 206 Å². The second kappa shape index (κ2) is 14.0. The Morgan fingerprint density at radius 3 is 1.64 bits per heavy atom. The van der Waals surface area contributed by atoms with Crippen LogP contribution in [0.15, 0.2) is 206 Å². The summed E-state index contributed by atoms with van der Waals surface area (Å²) in [6, 6.07) is 69.4. The van der Waals surface area contributed by atoms with Gasteiger partial charge in [-0.25, -0.2) is 19.9 Å². The van der Waals surface area contributed by atoms with Gasteiger partial charge in [0.25, 0.3) is 0 Å². The van der Waals surface area contributed by atoms with Crippen LogP contribution >= 0.6 is 0 Å². The van der Waals surface area contributed by atoms with E-state index in [4.69, 9.17) is 19.9 Å². The Hall–Kier alpha value is -7.96. The SMILES string of the molecule is c1ccc(-c2nc(-c3ccccc3)nc(-c3cccc(-c4ccc(-c5nc6ccccn6c5-c5cccc6c5c5ccccc5n6-c5ccccc5)cc4)c3)n2)cc1. The predicted octanol–water partition coefficient (Wildman–Crippen LogP) is 12.6. The maximum atomic E-state index is 5.27. The van der Waals surface area contributed by atoms with Gasteiger partial charge in [-0.3, -0.25) is 4.40 Å². The van der Waals surface area contributed by atoms with Crippen LogP contribution in [0.1, 0.15) is 0 Å². The van der Waals surface area contributed by atoms with Gasteiger partial charge >= 0.3 is 0 Å². The molecule has 11 aromatic rings. The van der Waals surface area contributed by atoms with Crippen LogP contribution in [0, 0.1) is 0 Å². The van der Waals surface area contributed by atoms with Crippen molar-refractivity contribution in [3.63, 3.8) is 0 Å². The fourth-order valence-corrected chi connectivity index (χ4v) is 8.12. The quantitative estimate of drug-likeness (QED) is 0.163. The lowest BCUT2D eigenvalue weighted by atomic mass is 9.97. The number of hydrogen-bond acceptors (Lipinski definition) is 4. The summed E-state index contributed by atoms with van der Waals surface area (Å²) in [6.07, 6.45) is 2.11. The first-order valence-electron chi connectivity index (χ1n) is 19.4. The summed E-state index contributed by atoms with van der Waals surface area (Å²) < 4.78 is 4.58. The number of pyridine rings is 1. The van der Waals surface area contributed by atoms with Gasteiger partial charge in [-0.1, -0.05) is 158 Å². The average molecular weight is 743 g/mol. The largest absolute Gasteiger partial charge is 0.309 e. The molecule has 0 aliphatic heterocycles. The normalized spacial score (nSPS) is 11.4. The Bertz CT molecular complexity index is 3200. The van der Waals surface area contributed by atoms with Gasteiger partial charge in [0.1, 0.15) is 5.65 Å². The Balaban J connectivity index is 1.02. The highest BCUT2D eigenvalue weighted by Gasteiger charge is 2.22. The minimum Gasteiger partial charge on any atom is -0.309 e. The number of rotatable bonds is 7. The molecular formula is C52H34N6. The van der Waals surface area contributed by atoms with Gasteiger partial charge in [0.15, 0.2) is 17.5 Å². The van der Waals surface area contributed by atoms with E-state index in [0.29, 0.717) is 17.5 Å². The lowest BCUT2D eigenvalue weighted by Gasteiger charge is -2.11. The number of nitrogens with zero attached hydrogens (tertiary/aromatic N) is 6. The van der Waals surface area contributed by atoms with Crippen molar-refractivity contribution in [2.45, 2.75) is 0 Å². The third-order valence-corrected chi connectivity index (χ3v) is 10.8. The van der Waals surface area contributed by atoms with Gasteiger partial charge in [0.05, 0.1) is 22.4 Å². The van der Waals surface area contributed by atoms with E-state index in [-0.39, 0.29) is 0 Å². The molecule has 0 atom stereocenters. The molecule has 0 radical (unpaired) electrons. The van der Waals surface area contributed by atoms with Gasteiger partial charge < -0.3 is 4.57 Å². The number of para-hydroxylation sites is 2. The van der Waals surface area contributed by atoms with Gasteiger partial charge in [0, 0.05) is 50.5 Å². The second-order valence-corrected chi connectivity index (χ2v) is 14.3. The molecular weight excluding hydrogens is 709 g/mol. The van der Waals surface area contributed by atoms with E-state index >= 15 is 0 Å². The van der Waals surface area contributed by atoms with Crippen molar-refractivity contribution in [2.75, 3.05) is 0 Å². The van der Waals surface area contributed by atoms with Gasteiger partial charge in [0.2, 0.25) is 0 Å². The molecule has 0 bridgehead atoms. The second-order valence-electron chi connectivity index (χ2n) is 14.3. The lowest BCUT2D eigenvalue weighted by molar-refractivity contribution is 1.07. The molecule has 0 aliphatic rings. The molecule has 0 saturated carbocycles. The molecule has 7 aromatic carbocycles. The third kappa shape index (κ3) is 5.74. The molecule has 0 aliphatic carbocycles. The molecule has 0 saturated heterocycles. The molecule has 0 unspecified atom stereocenters. The zero-order chi connectivity index (χ0) is 38.4. The van der Waals surface area contributed by atoms with Crippen LogP contribution < -0.4 is 0 Å². The van der Waals surface area contributed by atoms with Crippen LogP contribution in [0.2, 0.25) is 0 Å². The topological polar surface area (TPSA) is 60.9 Å². The summed E-state index contributed by atoms with van der Waals surface area (Å²) in [5.41, 5.74) is 13.5. The van der Waals surface area contributed by atoms with Gasteiger partial charge in [-0.2, -0.15) is 0 Å². The average Bonchev–Trinajstić information content (AvgIpc) is 3.86. The summed E-state index contributed by atoms with van der Waals surface area (Å²) in [7, 11) is 0. The standard InChI is InChI=1S/C52H34N6/c1-4-16-37(17-5-1)50-54-51(38-18-6-2-7-19-38)56-52(55-50)40-21-14-20-39(34-40)35-29-31-36(32-30-35)48-49(57-33-13-12-28-46(57)53-48)43-25-15-27-45-47(43)42-24-10-11-26-44(42)58(45)41-22-8-3-9-23-41/h1-34H. The van der Waals surface area contributed by atoms with Crippen LogP contribution in [0.25, 0.3) is 101 Å². The predicted molar refractivity (Wildman–Crippen MR) is 236 cm³/mol. The van der Waals surface area contributed by atoms with E-state index in [9.17, 15) is 0 Å². The summed E-state index contributed by atoms with van der Waals surface area (Å²) in [5.74, 6) is 1.91. The van der Waals surface area contributed by atoms with E-state index in [1.807, 2.05) is 66.7 Å². The summed E-state index contributed by atoms with van der Waals surface area (Å²) >= 11 is 0. The van der Waals surface area contributed by atoms with Gasteiger partial charge in [-0.05, 0) is 53.6 Å². The molecule has 4 aromatic heterocycles. The van der Waals surface area contributed by atoms with Crippen LogP contribution in [-0.4, -0.2) is 28.9 Å². The van der Waals surface area contributed by atoms with Crippen molar-refractivity contribution in [3.8, 4) is 73.5 Å². The highest BCUT2D eigenvalue weighted by molar-refractivity contribution is 6.16. The summed E-state index contributed by atoms with van der Waals surface area (Å²) in [6.45, 7) is 0. The highest BCUT2D eigenvalue weighted by Crippen LogP contribution is 2.42. The molecule has 11 rings (SSSR count). The van der Waals surface area contributed by atoms with E-state index in [1.165, 1.54) is 16.3 Å². The van der Waals surface area contributed by atoms with Crippen molar-refractivity contribution in [1.82, 2.24) is 28.9 Å². The fourth-order valence-electron chi connectivity index (χ4n) is 8.12. The van der Waals surface area contributed by atoms with Crippen molar-refractivity contribution >= 4 is 27.5 Å². The first-order chi connectivity index (χ1) is 28.8. The summed E-state index contributed by atoms with van der Waals surface area (Å²) in [5, 5.41) is 2.40. The lowest BCUT2D eigenvalue weighted by Crippen LogP contribution is -2.00. The number of aromatic nitrogens is 6. The number of hydrogen-bond donors (Lipinski definition) is 0. The molecule has 0 N–H and O–H groups in total. The Labute approximate surface area is 335 Å². The van der Waals surface area contributed by atoms with Crippen LogP contribution in [0.4, 0.5) is 0 Å². The first-order valence-corrected chi connectivity index (χ1v) is 19.4. The Morgan fingerprint density at radius 2 is 0.914 bits per heavy atom. The molecule has 58 heavy (non-hydrogen) atoms. The van der Waals surface area contributed by atoms with Crippen LogP contribution in [0.3, 0.4) is 0 Å². The Kier molecular flexibility index (Phi) is 8.04. The molecule has 0 fully saturated rings. The minimum absolute atomic E-state index is 0.628. The summed E-state index contributed by atoms with van der Waals surface area (Å²) in [4.78, 5) is 20.1. The van der Waals surface area contributed by atoms with E-state index in [0.717, 1.165) is 67.2 Å². The Morgan fingerprint density at radius 1 is 0.362 bits per heavy atom. The van der Waals surface area contributed by atoms with E-state index in [1.54, 1.807) is 0 Å². The first kappa shape index (κ1) is 33.4. The van der Waals surface area contributed by atoms with Crippen LogP contribution in [-0.2, 0) is 0 Å². The van der Waals surface area contributed by atoms with E-state index < -0.39 is 0 Å². The molecule has 4 heterocycles. The number of fused-ring (bicyclic) bond motifs is 4. The smallest absolute Gasteiger partial charge is 0.164 e. The van der Waals surface area contributed by atoms with E-state index in [2.05, 4.69) is 149 Å². The zero-order valence-corrected chi connectivity index (χ0v) is 31.3. The molecule has 0 spiro atoms. The van der Waals surface area contributed by atoms with Crippen molar-refractivity contribution in [1.29, 1.82) is 0 Å². The molecule has 0 amide bonds. The maximum absolute atomic E-state index is 5.27. The van der Waals surface area contributed by atoms with Crippen LogP contribution in [0.5, 0.6) is 0 Å². The minimum atomic E-state index is 0.628. The monoisotopic (exact) mass is 742 g/mol. The number of benzene rings is 7. The molecule has 6 nitrogen and oxygen atoms in total. The number of imidazole rings is 1. The molecule has 6 heteroatoms. The maximum Gasteiger partial charge on any atom is 0.164 e. The van der Waals surface area contributed by atoms with Crippen molar-refractivity contribution in [2.24, 2.45) is 0 Å². The zero-order valence-electron chi connectivity index (χ0n) is 31.3. The third-order valence-electron chi connectivity index (χ3n) is 10.8. The molecule has 272 valence electrons. The van der Waals surface area contributed by atoms with Gasteiger partial charge in [-0.15, -0.1) is 0 Å². The highest BCUT2D eigenvalue weighted by atomic mass is 15.0. The fraction of sp³-hybridized carbons (Fsp3) is 0. The van der Waals surface area contributed by atoms with Crippen molar-refractivity contribution < 1.29 is 0 Å².